The third-order valence-corrected chi connectivity index (χ3v) is 3.31. The van der Waals surface area contributed by atoms with Crippen molar-refractivity contribution < 1.29 is 19.1 Å². The van der Waals surface area contributed by atoms with Crippen LogP contribution in [-0.2, 0) is 9.59 Å². The third-order valence-electron chi connectivity index (χ3n) is 3.31. The summed E-state index contributed by atoms with van der Waals surface area (Å²) in [6.07, 6.45) is 4.25. The van der Waals surface area contributed by atoms with Gasteiger partial charge in [-0.2, -0.15) is 4.39 Å². The van der Waals surface area contributed by atoms with E-state index in [0.29, 0.717) is 12.6 Å². The van der Waals surface area contributed by atoms with E-state index in [2.05, 4.69) is 5.32 Å². The van der Waals surface area contributed by atoms with Crippen molar-refractivity contribution in [1.82, 2.24) is 14.9 Å². The summed E-state index contributed by atoms with van der Waals surface area (Å²) in [4.78, 5) is 47.3. The second-order valence-corrected chi connectivity index (χ2v) is 5.12. The van der Waals surface area contributed by atoms with Gasteiger partial charge in [-0.05, 0) is 6.42 Å². The van der Waals surface area contributed by atoms with Gasteiger partial charge in [0.25, 0.3) is 5.56 Å². The summed E-state index contributed by atoms with van der Waals surface area (Å²) in [6, 6.07) is -1.08. The van der Waals surface area contributed by atoms with Gasteiger partial charge in [0, 0.05) is 0 Å². The minimum Gasteiger partial charge on any atom is -0.480 e. The number of carbonyl (C=O) groups excluding carboxylic acids is 1. The molecule has 128 valence electrons. The van der Waals surface area contributed by atoms with Gasteiger partial charge < -0.3 is 10.4 Å². The lowest BCUT2D eigenvalue weighted by Crippen LogP contribution is -2.42. The Bertz CT molecular complexity index is 667. The van der Waals surface area contributed by atoms with E-state index in [9.17, 15) is 23.6 Å². The van der Waals surface area contributed by atoms with Crippen molar-refractivity contribution in [3.8, 4) is 0 Å². The summed E-state index contributed by atoms with van der Waals surface area (Å²) in [5, 5.41) is 10.8. The van der Waals surface area contributed by atoms with E-state index in [0.717, 1.165) is 23.8 Å². The Morgan fingerprint density at radius 3 is 2.65 bits per heavy atom. The topological polar surface area (TPSA) is 121 Å². The molecule has 1 aromatic heterocycles. The van der Waals surface area contributed by atoms with Crippen LogP contribution in [-0.4, -0.2) is 33.1 Å². The average molecular weight is 329 g/mol. The number of aromatic nitrogens is 2. The smallest absolute Gasteiger partial charge is 0.329 e. The van der Waals surface area contributed by atoms with Crippen LogP contribution in [0.2, 0.25) is 0 Å². The molecule has 1 rings (SSSR count). The fourth-order valence-electron chi connectivity index (χ4n) is 2.13. The number of halogens is 1. The van der Waals surface area contributed by atoms with Crippen LogP contribution in [0.5, 0.6) is 0 Å². The van der Waals surface area contributed by atoms with Crippen molar-refractivity contribution in [3.63, 3.8) is 0 Å². The van der Waals surface area contributed by atoms with E-state index in [4.69, 9.17) is 5.11 Å². The number of nitrogens with zero attached hydrogens (tertiary/aromatic N) is 1. The van der Waals surface area contributed by atoms with Crippen LogP contribution >= 0.6 is 0 Å². The Balaban J connectivity index is 3.00. The lowest BCUT2D eigenvalue weighted by molar-refractivity contribution is -0.138. The summed E-state index contributed by atoms with van der Waals surface area (Å²) in [6.45, 7) is 1.41. The number of hydrogen-bond donors (Lipinski definition) is 3. The first-order valence-electron chi connectivity index (χ1n) is 7.37. The maximum atomic E-state index is 13.4. The highest BCUT2D eigenvalue weighted by atomic mass is 19.1. The number of rotatable bonds is 9. The van der Waals surface area contributed by atoms with Crippen molar-refractivity contribution >= 4 is 11.9 Å². The van der Waals surface area contributed by atoms with Crippen molar-refractivity contribution in [3.05, 3.63) is 32.9 Å². The zero-order valence-electron chi connectivity index (χ0n) is 12.8. The fourth-order valence-corrected chi connectivity index (χ4v) is 2.13. The Labute approximate surface area is 131 Å². The first-order chi connectivity index (χ1) is 10.9. The van der Waals surface area contributed by atoms with E-state index in [1.54, 1.807) is 4.98 Å². The summed E-state index contributed by atoms with van der Waals surface area (Å²) < 4.78 is 14.2. The molecule has 1 aromatic rings. The van der Waals surface area contributed by atoms with Gasteiger partial charge in [0.1, 0.15) is 12.6 Å². The number of H-pyrrole nitrogens is 1. The SMILES string of the molecule is CCCCCCC(C(=O)NCC(=O)O)n1cc(F)c(=O)[nH]c1=O. The van der Waals surface area contributed by atoms with Gasteiger partial charge in [0.2, 0.25) is 11.7 Å². The maximum Gasteiger partial charge on any atom is 0.329 e. The minimum absolute atomic E-state index is 0.233. The molecule has 0 aromatic carbocycles. The molecule has 0 aliphatic rings. The monoisotopic (exact) mass is 329 g/mol. The molecule has 1 amide bonds. The van der Waals surface area contributed by atoms with Gasteiger partial charge in [0.15, 0.2) is 0 Å². The largest absolute Gasteiger partial charge is 0.480 e. The molecule has 1 heterocycles. The van der Waals surface area contributed by atoms with Crippen molar-refractivity contribution in [1.29, 1.82) is 0 Å². The Morgan fingerprint density at radius 1 is 1.35 bits per heavy atom. The summed E-state index contributed by atoms with van der Waals surface area (Å²) >= 11 is 0. The van der Waals surface area contributed by atoms with Crippen LogP contribution in [0, 0.1) is 5.82 Å². The number of nitrogens with one attached hydrogen (secondary N) is 2. The van der Waals surface area contributed by atoms with E-state index in [1.807, 2.05) is 6.92 Å². The highest BCUT2D eigenvalue weighted by molar-refractivity contribution is 5.84. The number of aromatic amines is 1. The predicted octanol–water partition coefficient (Wildman–Crippen LogP) is 0.388. The van der Waals surface area contributed by atoms with Gasteiger partial charge in [-0.1, -0.05) is 32.6 Å². The van der Waals surface area contributed by atoms with Crippen LogP contribution < -0.4 is 16.6 Å². The first kappa shape index (κ1) is 18.6. The van der Waals surface area contributed by atoms with Crippen LogP contribution in [0.3, 0.4) is 0 Å². The fraction of sp³-hybridized carbons (Fsp3) is 0.571. The number of carboxylic acid groups (broad SMARTS) is 1. The lowest BCUT2D eigenvalue weighted by Gasteiger charge is -2.18. The molecule has 23 heavy (non-hydrogen) atoms. The summed E-state index contributed by atoms with van der Waals surface area (Å²) in [7, 11) is 0. The standard InChI is InChI=1S/C14H20FN3O5/c1-2-3-4-5-6-10(13(22)16-7-11(19)20)18-8-9(15)12(21)17-14(18)23/h8,10H,2-7H2,1H3,(H,16,22)(H,19,20)(H,17,21,23). The molecular formula is C14H20FN3O5. The number of carbonyl (C=O) groups is 2. The highest BCUT2D eigenvalue weighted by Crippen LogP contribution is 2.15. The number of amides is 1. The van der Waals surface area contributed by atoms with Crippen molar-refractivity contribution in [2.45, 2.75) is 45.1 Å². The Morgan fingerprint density at radius 2 is 2.04 bits per heavy atom. The molecule has 0 spiro atoms. The normalized spacial score (nSPS) is 11.9. The van der Waals surface area contributed by atoms with Gasteiger partial charge in [0.05, 0.1) is 6.20 Å². The van der Waals surface area contributed by atoms with Gasteiger partial charge in [-0.25, -0.2) is 4.79 Å². The van der Waals surface area contributed by atoms with E-state index in [-0.39, 0.29) is 6.42 Å². The molecule has 3 N–H and O–H groups in total. The number of unbranched alkanes of at least 4 members (excludes halogenated alkanes) is 3. The molecule has 0 saturated carbocycles. The second-order valence-electron chi connectivity index (χ2n) is 5.12. The molecule has 0 radical (unpaired) electrons. The van der Waals surface area contributed by atoms with Crippen molar-refractivity contribution in [2.75, 3.05) is 6.54 Å². The second kappa shape index (κ2) is 8.86. The Kier molecular flexibility index (Phi) is 7.17. The highest BCUT2D eigenvalue weighted by Gasteiger charge is 2.22. The zero-order chi connectivity index (χ0) is 17.4. The Hall–Kier alpha value is -2.45. The molecule has 0 aliphatic carbocycles. The summed E-state index contributed by atoms with van der Waals surface area (Å²) in [5.41, 5.74) is -2.08. The van der Waals surface area contributed by atoms with E-state index in [1.165, 1.54) is 0 Å². The minimum atomic E-state index is -1.23. The van der Waals surface area contributed by atoms with Crippen LogP contribution in [0.15, 0.2) is 15.8 Å². The molecule has 1 unspecified atom stereocenters. The van der Waals surface area contributed by atoms with Crippen molar-refractivity contribution in [2.24, 2.45) is 0 Å². The van der Waals surface area contributed by atoms with Gasteiger partial charge in [-0.3, -0.25) is 23.9 Å². The average Bonchev–Trinajstić information content (AvgIpc) is 2.49. The maximum absolute atomic E-state index is 13.4. The molecule has 1 atom stereocenters. The molecule has 0 aliphatic heterocycles. The van der Waals surface area contributed by atoms with Crippen LogP contribution in [0.4, 0.5) is 4.39 Å². The molecule has 0 fully saturated rings. The molecule has 0 bridgehead atoms. The van der Waals surface area contributed by atoms with E-state index < -0.39 is 41.5 Å². The molecular weight excluding hydrogens is 309 g/mol. The third kappa shape index (κ3) is 5.68. The van der Waals surface area contributed by atoms with E-state index >= 15 is 0 Å². The zero-order valence-corrected chi connectivity index (χ0v) is 12.8. The van der Waals surface area contributed by atoms with Gasteiger partial charge in [-0.15, -0.1) is 0 Å². The number of carboxylic acids is 1. The lowest BCUT2D eigenvalue weighted by atomic mass is 10.1. The first-order valence-corrected chi connectivity index (χ1v) is 7.37. The number of aliphatic carboxylic acids is 1. The number of hydrogen-bond acceptors (Lipinski definition) is 4. The summed E-state index contributed by atoms with van der Waals surface area (Å²) in [5.74, 6) is -3.13. The quantitative estimate of drug-likeness (QED) is 0.566. The molecule has 8 nitrogen and oxygen atoms in total. The van der Waals surface area contributed by atoms with Crippen LogP contribution in [0.1, 0.15) is 45.1 Å². The molecule has 0 saturated heterocycles. The van der Waals surface area contributed by atoms with Gasteiger partial charge >= 0.3 is 11.7 Å². The molecule has 9 heteroatoms. The predicted molar refractivity (Wildman–Crippen MR) is 79.7 cm³/mol. The van der Waals surface area contributed by atoms with Crippen LogP contribution in [0.25, 0.3) is 0 Å².